The van der Waals surface area contributed by atoms with E-state index in [0.717, 1.165) is 31.8 Å². The van der Waals surface area contributed by atoms with Crippen molar-refractivity contribution in [3.05, 3.63) is 18.0 Å². The number of rotatable bonds is 5. The molecule has 0 radical (unpaired) electrons. The zero-order valence-electron chi connectivity index (χ0n) is 11.0. The SMILES string of the molecule is CCC12CC1CN(C(=O)CCCc1cn[nH]c1)C2. The van der Waals surface area contributed by atoms with Crippen LogP contribution in [0.1, 0.15) is 38.2 Å². The average molecular weight is 247 g/mol. The number of piperidine rings is 1. The Morgan fingerprint density at radius 1 is 1.67 bits per heavy atom. The summed E-state index contributed by atoms with van der Waals surface area (Å²) in [5.74, 6) is 1.15. The first-order valence-corrected chi connectivity index (χ1v) is 6.99. The number of aromatic amines is 1. The van der Waals surface area contributed by atoms with Crippen molar-refractivity contribution in [2.75, 3.05) is 13.1 Å². The molecule has 1 N–H and O–H groups in total. The molecule has 1 aromatic heterocycles. The van der Waals surface area contributed by atoms with Gasteiger partial charge in [0.2, 0.25) is 5.91 Å². The van der Waals surface area contributed by atoms with E-state index in [1.54, 1.807) is 0 Å². The van der Waals surface area contributed by atoms with Gasteiger partial charge in [-0.1, -0.05) is 6.92 Å². The zero-order valence-corrected chi connectivity index (χ0v) is 11.0. The Balaban J connectivity index is 1.43. The van der Waals surface area contributed by atoms with E-state index in [2.05, 4.69) is 22.0 Å². The first kappa shape index (κ1) is 11.8. The number of nitrogens with one attached hydrogen (secondary N) is 1. The van der Waals surface area contributed by atoms with E-state index in [9.17, 15) is 4.79 Å². The van der Waals surface area contributed by atoms with Gasteiger partial charge in [-0.2, -0.15) is 5.10 Å². The molecule has 0 bridgehead atoms. The molecule has 1 saturated carbocycles. The fourth-order valence-electron chi connectivity index (χ4n) is 3.35. The summed E-state index contributed by atoms with van der Waals surface area (Å²) in [5, 5.41) is 6.71. The van der Waals surface area contributed by atoms with Crippen LogP contribution in [0.25, 0.3) is 0 Å². The topological polar surface area (TPSA) is 49.0 Å². The van der Waals surface area contributed by atoms with Gasteiger partial charge >= 0.3 is 0 Å². The summed E-state index contributed by atoms with van der Waals surface area (Å²) >= 11 is 0. The van der Waals surface area contributed by atoms with E-state index in [1.165, 1.54) is 18.4 Å². The van der Waals surface area contributed by atoms with Crippen LogP contribution >= 0.6 is 0 Å². The van der Waals surface area contributed by atoms with E-state index in [4.69, 9.17) is 0 Å². The van der Waals surface area contributed by atoms with Crippen LogP contribution in [-0.4, -0.2) is 34.1 Å². The van der Waals surface area contributed by atoms with Crippen LogP contribution in [0.3, 0.4) is 0 Å². The third kappa shape index (κ3) is 2.04. The number of likely N-dealkylation sites (tertiary alicyclic amines) is 1. The van der Waals surface area contributed by atoms with Crippen LogP contribution in [0, 0.1) is 11.3 Å². The number of nitrogens with zero attached hydrogens (tertiary/aromatic N) is 2. The molecule has 1 aromatic rings. The Labute approximate surface area is 108 Å². The number of amides is 1. The summed E-state index contributed by atoms with van der Waals surface area (Å²) in [7, 11) is 0. The summed E-state index contributed by atoms with van der Waals surface area (Å²) in [6, 6.07) is 0. The van der Waals surface area contributed by atoms with Gasteiger partial charge < -0.3 is 4.90 Å². The molecule has 98 valence electrons. The lowest BCUT2D eigenvalue weighted by Crippen LogP contribution is -2.31. The van der Waals surface area contributed by atoms with E-state index >= 15 is 0 Å². The molecule has 2 fully saturated rings. The minimum absolute atomic E-state index is 0.346. The lowest BCUT2D eigenvalue weighted by atomic mass is 10.0. The van der Waals surface area contributed by atoms with Gasteiger partial charge in [0.05, 0.1) is 6.20 Å². The van der Waals surface area contributed by atoms with Gasteiger partial charge in [0, 0.05) is 25.7 Å². The Bertz CT molecular complexity index is 424. The number of carbonyl (C=O) groups excluding carboxylic acids is 1. The number of carbonyl (C=O) groups is 1. The second-order valence-corrected chi connectivity index (χ2v) is 5.85. The van der Waals surface area contributed by atoms with Gasteiger partial charge in [-0.25, -0.2) is 0 Å². The number of H-pyrrole nitrogens is 1. The average Bonchev–Trinajstić information content (AvgIpc) is 2.79. The van der Waals surface area contributed by atoms with Crippen LogP contribution < -0.4 is 0 Å². The van der Waals surface area contributed by atoms with Crippen molar-refractivity contribution >= 4 is 5.91 Å². The highest BCUT2D eigenvalue weighted by Gasteiger charge is 2.58. The first-order valence-electron chi connectivity index (χ1n) is 6.99. The van der Waals surface area contributed by atoms with Gasteiger partial charge in [-0.05, 0) is 42.6 Å². The monoisotopic (exact) mass is 247 g/mol. The van der Waals surface area contributed by atoms with Crippen LogP contribution in [0.5, 0.6) is 0 Å². The lowest BCUT2D eigenvalue weighted by molar-refractivity contribution is -0.131. The standard InChI is InChI=1S/C14H21N3O/c1-2-14-6-12(14)9-17(10-14)13(18)5-3-4-11-7-15-16-8-11/h7-8,12H,2-6,9-10H2,1H3,(H,15,16). The summed E-state index contributed by atoms with van der Waals surface area (Å²) in [6.07, 6.45) is 8.87. The molecule has 2 atom stereocenters. The van der Waals surface area contributed by atoms with Crippen molar-refractivity contribution in [1.29, 1.82) is 0 Å². The minimum atomic E-state index is 0.346. The van der Waals surface area contributed by atoms with Crippen molar-refractivity contribution in [3.63, 3.8) is 0 Å². The molecule has 3 rings (SSSR count). The van der Waals surface area contributed by atoms with Gasteiger partial charge in [0.25, 0.3) is 0 Å². The first-order chi connectivity index (χ1) is 8.73. The molecular formula is C14H21N3O. The van der Waals surface area contributed by atoms with Crippen LogP contribution in [0.4, 0.5) is 0 Å². The molecule has 2 heterocycles. The van der Waals surface area contributed by atoms with E-state index < -0.39 is 0 Å². The van der Waals surface area contributed by atoms with Crippen molar-refractivity contribution in [3.8, 4) is 0 Å². The molecule has 2 unspecified atom stereocenters. The molecule has 0 spiro atoms. The molecule has 1 amide bonds. The fraction of sp³-hybridized carbons (Fsp3) is 0.714. The predicted octanol–water partition coefficient (Wildman–Crippen LogP) is 1.99. The van der Waals surface area contributed by atoms with Gasteiger partial charge in [0.15, 0.2) is 0 Å². The fourth-order valence-corrected chi connectivity index (χ4v) is 3.35. The maximum Gasteiger partial charge on any atom is 0.222 e. The van der Waals surface area contributed by atoms with Crippen LogP contribution in [0.15, 0.2) is 12.4 Å². The Morgan fingerprint density at radius 2 is 2.56 bits per heavy atom. The maximum absolute atomic E-state index is 12.1. The van der Waals surface area contributed by atoms with E-state index in [0.29, 0.717) is 17.7 Å². The van der Waals surface area contributed by atoms with E-state index in [-0.39, 0.29) is 0 Å². The quantitative estimate of drug-likeness (QED) is 0.865. The Kier molecular flexibility index (Phi) is 2.88. The minimum Gasteiger partial charge on any atom is -0.342 e. The van der Waals surface area contributed by atoms with Gasteiger partial charge in [-0.3, -0.25) is 9.89 Å². The second-order valence-electron chi connectivity index (χ2n) is 5.85. The third-order valence-corrected chi connectivity index (χ3v) is 4.77. The summed E-state index contributed by atoms with van der Waals surface area (Å²) in [6.45, 7) is 4.28. The molecule has 18 heavy (non-hydrogen) atoms. The smallest absolute Gasteiger partial charge is 0.222 e. The Hall–Kier alpha value is -1.32. The van der Waals surface area contributed by atoms with Crippen molar-refractivity contribution < 1.29 is 4.79 Å². The summed E-state index contributed by atoms with van der Waals surface area (Å²) in [5.41, 5.74) is 1.71. The highest BCUT2D eigenvalue weighted by Crippen LogP contribution is 2.59. The van der Waals surface area contributed by atoms with E-state index in [1.807, 2.05) is 12.4 Å². The number of aryl methyl sites for hydroxylation is 1. The third-order valence-electron chi connectivity index (χ3n) is 4.77. The summed E-state index contributed by atoms with van der Waals surface area (Å²) < 4.78 is 0. The molecule has 1 aliphatic carbocycles. The second kappa shape index (κ2) is 4.41. The summed E-state index contributed by atoms with van der Waals surface area (Å²) in [4.78, 5) is 14.2. The zero-order chi connectivity index (χ0) is 12.6. The number of aromatic nitrogens is 2. The van der Waals surface area contributed by atoms with Gasteiger partial charge in [-0.15, -0.1) is 0 Å². The van der Waals surface area contributed by atoms with Crippen molar-refractivity contribution in [2.45, 2.75) is 39.0 Å². The maximum atomic E-state index is 12.1. The highest BCUT2D eigenvalue weighted by molar-refractivity contribution is 5.76. The van der Waals surface area contributed by atoms with Crippen molar-refractivity contribution in [1.82, 2.24) is 15.1 Å². The van der Waals surface area contributed by atoms with Crippen LogP contribution in [0.2, 0.25) is 0 Å². The number of hydrogen-bond acceptors (Lipinski definition) is 2. The molecule has 1 aliphatic heterocycles. The molecule has 4 heteroatoms. The molecule has 2 aliphatic rings. The molecule has 1 saturated heterocycles. The van der Waals surface area contributed by atoms with Crippen LogP contribution in [-0.2, 0) is 11.2 Å². The molecule has 4 nitrogen and oxygen atoms in total. The number of hydrogen-bond donors (Lipinski definition) is 1. The normalized spacial score (nSPS) is 29.4. The lowest BCUT2D eigenvalue weighted by Gasteiger charge is -2.20. The molecule has 0 aromatic carbocycles. The van der Waals surface area contributed by atoms with Gasteiger partial charge in [0.1, 0.15) is 0 Å². The Morgan fingerprint density at radius 3 is 3.22 bits per heavy atom. The number of fused-ring (bicyclic) bond motifs is 1. The highest BCUT2D eigenvalue weighted by atomic mass is 16.2. The van der Waals surface area contributed by atoms with Crippen molar-refractivity contribution in [2.24, 2.45) is 11.3 Å². The largest absolute Gasteiger partial charge is 0.342 e. The molecular weight excluding hydrogens is 226 g/mol. The predicted molar refractivity (Wildman–Crippen MR) is 68.9 cm³/mol.